The Hall–Kier alpha value is -3.62. The number of carboxylic acids is 1. The van der Waals surface area contributed by atoms with E-state index in [1.165, 1.54) is 7.11 Å². The second kappa shape index (κ2) is 7.97. The lowest BCUT2D eigenvalue weighted by Gasteiger charge is -2.12. The van der Waals surface area contributed by atoms with E-state index in [1.807, 2.05) is 13.0 Å². The molecule has 9 heteroatoms. The zero-order valence-electron chi connectivity index (χ0n) is 14.0. The molecular formula is C17H16N2O7. The first-order valence-electron chi connectivity index (χ1n) is 7.41. The smallest absolute Gasteiger partial charge is 0.335 e. The van der Waals surface area contributed by atoms with Crippen molar-refractivity contribution in [2.24, 2.45) is 0 Å². The summed E-state index contributed by atoms with van der Waals surface area (Å²) in [6.07, 6.45) is 0. The summed E-state index contributed by atoms with van der Waals surface area (Å²) < 4.78 is 10.3. The number of aryl methyl sites for hydroxylation is 1. The molecule has 0 radical (unpaired) electrons. The minimum atomic E-state index is -1.27. The number of carbonyl (C=O) groups excluding carboxylic acids is 1. The molecular weight excluding hydrogens is 344 g/mol. The molecule has 2 rings (SSSR count). The number of nitrogens with one attached hydrogen (secondary N) is 1. The second-order valence-corrected chi connectivity index (χ2v) is 5.29. The van der Waals surface area contributed by atoms with Gasteiger partial charge in [0.2, 0.25) is 0 Å². The lowest BCUT2D eigenvalue weighted by molar-refractivity contribution is -0.385. The summed E-state index contributed by atoms with van der Waals surface area (Å²) in [6.45, 7) is 1.30. The van der Waals surface area contributed by atoms with Crippen LogP contribution in [-0.2, 0) is 4.79 Å². The van der Waals surface area contributed by atoms with Crippen molar-refractivity contribution in [2.45, 2.75) is 6.92 Å². The number of rotatable bonds is 7. The number of nitro groups is 1. The maximum atomic E-state index is 12.1. The van der Waals surface area contributed by atoms with Crippen LogP contribution in [0.3, 0.4) is 0 Å². The van der Waals surface area contributed by atoms with Gasteiger partial charge in [-0.3, -0.25) is 14.9 Å². The van der Waals surface area contributed by atoms with Crippen LogP contribution in [0.5, 0.6) is 11.5 Å². The molecule has 0 aliphatic rings. The van der Waals surface area contributed by atoms with Gasteiger partial charge in [0.05, 0.1) is 23.3 Å². The highest BCUT2D eigenvalue weighted by Gasteiger charge is 2.19. The minimum Gasteiger partial charge on any atom is -0.495 e. The van der Waals surface area contributed by atoms with Crippen LogP contribution in [0.2, 0.25) is 0 Å². The Labute approximate surface area is 148 Å². The Morgan fingerprint density at radius 1 is 1.19 bits per heavy atom. The number of carboxylic acid groups (broad SMARTS) is 1. The van der Waals surface area contributed by atoms with E-state index in [0.29, 0.717) is 11.4 Å². The minimum absolute atomic E-state index is 0.189. The highest BCUT2D eigenvalue weighted by atomic mass is 16.6. The standard InChI is InChI=1S/C17H16N2O7/c1-10-3-6-14(25-2)12(7-10)18-16(20)9-26-15-8-11(17(21)22)4-5-13(15)19(23)24/h3-8H,9H2,1-2H3,(H,18,20)(H,21,22). The first-order valence-corrected chi connectivity index (χ1v) is 7.41. The van der Waals surface area contributed by atoms with Crippen molar-refractivity contribution in [1.82, 2.24) is 0 Å². The fraction of sp³-hybridized carbons (Fsp3) is 0.176. The summed E-state index contributed by atoms with van der Waals surface area (Å²) in [4.78, 5) is 33.4. The molecule has 0 saturated heterocycles. The molecule has 0 aliphatic carbocycles. The SMILES string of the molecule is COc1ccc(C)cc1NC(=O)COc1cc(C(=O)O)ccc1[N+](=O)[O-]. The number of anilines is 1. The van der Waals surface area contributed by atoms with Crippen molar-refractivity contribution in [3.8, 4) is 11.5 Å². The van der Waals surface area contributed by atoms with Gasteiger partial charge in [-0.25, -0.2) is 4.79 Å². The molecule has 0 fully saturated rings. The molecule has 0 heterocycles. The van der Waals surface area contributed by atoms with Crippen molar-refractivity contribution >= 4 is 23.3 Å². The number of aromatic carboxylic acids is 1. The van der Waals surface area contributed by atoms with Gasteiger partial charge in [-0.05, 0) is 30.7 Å². The van der Waals surface area contributed by atoms with E-state index >= 15 is 0 Å². The summed E-state index contributed by atoms with van der Waals surface area (Å²) in [7, 11) is 1.46. The van der Waals surface area contributed by atoms with Crippen molar-refractivity contribution in [3.05, 3.63) is 57.6 Å². The van der Waals surface area contributed by atoms with Gasteiger partial charge in [0.1, 0.15) is 5.75 Å². The molecule has 136 valence electrons. The zero-order valence-corrected chi connectivity index (χ0v) is 14.0. The zero-order chi connectivity index (χ0) is 19.3. The molecule has 0 aromatic heterocycles. The van der Waals surface area contributed by atoms with Crippen molar-refractivity contribution in [2.75, 3.05) is 19.0 Å². The van der Waals surface area contributed by atoms with Gasteiger partial charge in [-0.1, -0.05) is 6.07 Å². The van der Waals surface area contributed by atoms with Gasteiger partial charge in [0.15, 0.2) is 12.4 Å². The molecule has 2 aromatic rings. The van der Waals surface area contributed by atoms with Gasteiger partial charge in [-0.2, -0.15) is 0 Å². The summed E-state index contributed by atoms with van der Waals surface area (Å²) >= 11 is 0. The molecule has 1 amide bonds. The van der Waals surface area contributed by atoms with Crippen molar-refractivity contribution in [1.29, 1.82) is 0 Å². The number of carbonyl (C=O) groups is 2. The summed E-state index contributed by atoms with van der Waals surface area (Å²) in [5.74, 6) is -1.70. The largest absolute Gasteiger partial charge is 0.495 e. The molecule has 0 atom stereocenters. The Balaban J connectivity index is 2.14. The van der Waals surface area contributed by atoms with E-state index < -0.39 is 29.1 Å². The monoisotopic (exact) mass is 360 g/mol. The van der Waals surface area contributed by atoms with Crippen LogP contribution in [-0.4, -0.2) is 35.6 Å². The normalized spacial score (nSPS) is 10.1. The van der Waals surface area contributed by atoms with Crippen molar-refractivity contribution in [3.63, 3.8) is 0 Å². The topological polar surface area (TPSA) is 128 Å². The predicted molar refractivity (Wildman–Crippen MR) is 91.9 cm³/mol. The summed E-state index contributed by atoms with van der Waals surface area (Å²) in [5, 5.41) is 22.6. The highest BCUT2D eigenvalue weighted by molar-refractivity contribution is 5.93. The van der Waals surface area contributed by atoms with E-state index in [4.69, 9.17) is 14.6 Å². The van der Waals surface area contributed by atoms with Gasteiger partial charge in [-0.15, -0.1) is 0 Å². The van der Waals surface area contributed by atoms with Gasteiger partial charge in [0, 0.05) is 12.1 Å². The third kappa shape index (κ3) is 4.47. The number of methoxy groups -OCH3 is 1. The number of hydrogen-bond donors (Lipinski definition) is 2. The molecule has 26 heavy (non-hydrogen) atoms. The molecule has 0 aliphatic heterocycles. The molecule has 0 unspecified atom stereocenters. The van der Waals surface area contributed by atoms with Crippen LogP contribution in [0.1, 0.15) is 15.9 Å². The number of hydrogen-bond acceptors (Lipinski definition) is 6. The van der Waals surface area contributed by atoms with Crippen molar-refractivity contribution < 1.29 is 29.1 Å². The molecule has 9 nitrogen and oxygen atoms in total. The average Bonchev–Trinajstić information content (AvgIpc) is 2.59. The van der Waals surface area contributed by atoms with Gasteiger partial charge < -0.3 is 19.9 Å². The number of nitro benzene ring substituents is 1. The van der Waals surface area contributed by atoms with Crippen LogP contribution >= 0.6 is 0 Å². The molecule has 2 aromatic carbocycles. The Morgan fingerprint density at radius 2 is 1.92 bits per heavy atom. The predicted octanol–water partition coefficient (Wildman–Crippen LogP) is 2.63. The van der Waals surface area contributed by atoms with E-state index in [-0.39, 0.29) is 11.3 Å². The maximum absolute atomic E-state index is 12.1. The number of amides is 1. The molecule has 2 N–H and O–H groups in total. The van der Waals surface area contributed by atoms with Crippen LogP contribution in [0.25, 0.3) is 0 Å². The lowest BCUT2D eigenvalue weighted by atomic mass is 10.2. The summed E-state index contributed by atoms with van der Waals surface area (Å²) in [5.41, 5.74) is 0.698. The lowest BCUT2D eigenvalue weighted by Crippen LogP contribution is -2.21. The molecule has 0 saturated carbocycles. The number of ether oxygens (including phenoxy) is 2. The van der Waals surface area contributed by atoms with Crippen LogP contribution in [0.15, 0.2) is 36.4 Å². The Bertz CT molecular complexity index is 864. The van der Waals surface area contributed by atoms with E-state index in [0.717, 1.165) is 23.8 Å². The number of benzene rings is 2. The first kappa shape index (κ1) is 18.7. The van der Waals surface area contributed by atoms with Gasteiger partial charge >= 0.3 is 11.7 Å². The van der Waals surface area contributed by atoms with Crippen LogP contribution in [0.4, 0.5) is 11.4 Å². The summed E-state index contributed by atoms with van der Waals surface area (Å²) in [6, 6.07) is 8.30. The van der Waals surface area contributed by atoms with Crippen LogP contribution < -0.4 is 14.8 Å². The average molecular weight is 360 g/mol. The third-order valence-electron chi connectivity index (χ3n) is 3.39. The van der Waals surface area contributed by atoms with Crippen LogP contribution in [0, 0.1) is 17.0 Å². The van der Waals surface area contributed by atoms with E-state index in [2.05, 4.69) is 5.32 Å². The maximum Gasteiger partial charge on any atom is 0.335 e. The fourth-order valence-electron chi connectivity index (χ4n) is 2.16. The Kier molecular flexibility index (Phi) is 5.74. The number of nitrogens with zero attached hydrogens (tertiary/aromatic N) is 1. The Morgan fingerprint density at radius 3 is 2.54 bits per heavy atom. The molecule has 0 bridgehead atoms. The second-order valence-electron chi connectivity index (χ2n) is 5.29. The first-order chi connectivity index (χ1) is 12.3. The van der Waals surface area contributed by atoms with Gasteiger partial charge in [0.25, 0.3) is 5.91 Å². The fourth-order valence-corrected chi connectivity index (χ4v) is 2.16. The third-order valence-corrected chi connectivity index (χ3v) is 3.39. The van der Waals surface area contributed by atoms with E-state index in [9.17, 15) is 19.7 Å². The van der Waals surface area contributed by atoms with E-state index in [1.54, 1.807) is 12.1 Å². The highest BCUT2D eigenvalue weighted by Crippen LogP contribution is 2.28. The quantitative estimate of drug-likeness (QED) is 0.574. The molecule has 0 spiro atoms.